The van der Waals surface area contributed by atoms with E-state index in [0.29, 0.717) is 18.3 Å². The lowest BCUT2D eigenvalue weighted by Gasteiger charge is -2.14. The van der Waals surface area contributed by atoms with Crippen molar-refractivity contribution in [3.05, 3.63) is 70.5 Å². The summed E-state index contributed by atoms with van der Waals surface area (Å²) in [6.07, 6.45) is 0. The van der Waals surface area contributed by atoms with Gasteiger partial charge in [0.1, 0.15) is 5.75 Å². The molecule has 0 spiro atoms. The average Bonchev–Trinajstić information content (AvgIpc) is 2.93. The monoisotopic (exact) mass is 414 g/mol. The number of benzene rings is 2. The minimum Gasteiger partial charge on any atom is -0.492 e. The third kappa shape index (κ3) is 4.82. The Labute approximate surface area is 175 Å². The summed E-state index contributed by atoms with van der Waals surface area (Å²) in [6.45, 7) is 7.20. The van der Waals surface area contributed by atoms with Crippen LogP contribution in [-0.2, 0) is 6.54 Å². The molecule has 0 aliphatic rings. The van der Waals surface area contributed by atoms with Gasteiger partial charge >= 0.3 is 0 Å². The Morgan fingerprint density at radius 2 is 1.82 bits per heavy atom. The predicted molar refractivity (Wildman–Crippen MR) is 120 cm³/mol. The molecule has 0 unspecified atom stereocenters. The van der Waals surface area contributed by atoms with Crippen LogP contribution in [0, 0.1) is 13.8 Å². The minimum atomic E-state index is 0.490. The van der Waals surface area contributed by atoms with Crippen LogP contribution in [0.5, 0.6) is 5.75 Å². The van der Waals surface area contributed by atoms with E-state index in [9.17, 15) is 0 Å². The molecule has 0 saturated carbocycles. The first-order chi connectivity index (χ1) is 13.5. The lowest BCUT2D eigenvalue weighted by molar-refractivity contribution is 0.342. The summed E-state index contributed by atoms with van der Waals surface area (Å²) >= 11 is 11.5. The number of nitrogens with one attached hydrogen (secondary N) is 2. The summed E-state index contributed by atoms with van der Waals surface area (Å²) in [5.41, 5.74) is 4.75. The Bertz CT molecular complexity index is 969. The number of aromatic nitrogens is 2. The van der Waals surface area contributed by atoms with E-state index in [2.05, 4.69) is 15.7 Å². The van der Waals surface area contributed by atoms with Gasteiger partial charge in [-0.2, -0.15) is 5.10 Å². The summed E-state index contributed by atoms with van der Waals surface area (Å²) in [5.74, 6) is 0.765. The molecular formula is C21H23ClN4OS. The molecule has 3 aromatic rings. The average molecular weight is 415 g/mol. The van der Waals surface area contributed by atoms with Gasteiger partial charge in [-0.3, -0.25) is 4.68 Å². The van der Waals surface area contributed by atoms with Gasteiger partial charge in [0.15, 0.2) is 5.11 Å². The maximum atomic E-state index is 5.97. The van der Waals surface area contributed by atoms with Crippen LogP contribution >= 0.6 is 23.8 Å². The first-order valence-corrected chi connectivity index (χ1v) is 9.84. The number of halogens is 1. The third-order valence-electron chi connectivity index (χ3n) is 4.30. The minimum absolute atomic E-state index is 0.490. The van der Waals surface area contributed by atoms with E-state index in [4.69, 9.17) is 28.6 Å². The van der Waals surface area contributed by atoms with Gasteiger partial charge < -0.3 is 15.4 Å². The van der Waals surface area contributed by atoms with Crippen LogP contribution in [0.3, 0.4) is 0 Å². The Balaban J connectivity index is 1.73. The van der Waals surface area contributed by atoms with E-state index in [1.807, 2.05) is 74.0 Å². The maximum absolute atomic E-state index is 5.97. The third-order valence-corrected chi connectivity index (χ3v) is 4.76. The molecule has 28 heavy (non-hydrogen) atoms. The van der Waals surface area contributed by atoms with Gasteiger partial charge in [-0.1, -0.05) is 35.9 Å². The van der Waals surface area contributed by atoms with Gasteiger partial charge in [-0.25, -0.2) is 0 Å². The fourth-order valence-corrected chi connectivity index (χ4v) is 3.25. The molecule has 0 saturated heterocycles. The van der Waals surface area contributed by atoms with Crippen LogP contribution in [0.1, 0.15) is 23.9 Å². The largest absolute Gasteiger partial charge is 0.492 e. The quantitative estimate of drug-likeness (QED) is 0.528. The van der Waals surface area contributed by atoms with E-state index >= 15 is 0 Å². The number of thiocarbonyl (C=S) groups is 1. The van der Waals surface area contributed by atoms with Crippen LogP contribution in [0.15, 0.2) is 48.5 Å². The van der Waals surface area contributed by atoms with Gasteiger partial charge in [-0.15, -0.1) is 0 Å². The number of hydrogen-bond acceptors (Lipinski definition) is 3. The van der Waals surface area contributed by atoms with Crippen molar-refractivity contribution in [3.63, 3.8) is 0 Å². The van der Waals surface area contributed by atoms with E-state index in [-0.39, 0.29) is 0 Å². The van der Waals surface area contributed by atoms with Crippen molar-refractivity contribution in [1.29, 1.82) is 0 Å². The Morgan fingerprint density at radius 1 is 1.11 bits per heavy atom. The van der Waals surface area contributed by atoms with Crippen molar-refractivity contribution < 1.29 is 4.74 Å². The summed E-state index contributed by atoms with van der Waals surface area (Å²) in [5, 5.41) is 12.3. The molecule has 146 valence electrons. The summed E-state index contributed by atoms with van der Waals surface area (Å²) in [4.78, 5) is 0. The van der Waals surface area contributed by atoms with Gasteiger partial charge in [0.25, 0.3) is 0 Å². The van der Waals surface area contributed by atoms with Gasteiger partial charge in [0.2, 0.25) is 0 Å². The predicted octanol–water partition coefficient (Wildman–Crippen LogP) is 5.41. The van der Waals surface area contributed by atoms with Crippen LogP contribution in [0.25, 0.3) is 0 Å². The molecule has 0 amide bonds. The number of para-hydroxylation sites is 2. The zero-order chi connectivity index (χ0) is 20.1. The number of aryl methyl sites for hydroxylation is 1. The first-order valence-electron chi connectivity index (χ1n) is 9.06. The second kappa shape index (κ2) is 9.08. The van der Waals surface area contributed by atoms with E-state index in [0.717, 1.165) is 39.1 Å². The first kappa shape index (κ1) is 20.2. The molecule has 2 aromatic carbocycles. The molecule has 2 N–H and O–H groups in total. The molecule has 1 aromatic heterocycles. The molecule has 7 heteroatoms. The Morgan fingerprint density at radius 3 is 2.54 bits per heavy atom. The molecule has 0 fully saturated rings. The van der Waals surface area contributed by atoms with Crippen LogP contribution in [0.4, 0.5) is 11.4 Å². The second-order valence-electron chi connectivity index (χ2n) is 6.34. The highest BCUT2D eigenvalue weighted by atomic mass is 35.5. The highest BCUT2D eigenvalue weighted by Gasteiger charge is 2.14. The zero-order valence-electron chi connectivity index (χ0n) is 16.1. The molecule has 0 aliphatic carbocycles. The number of anilines is 2. The zero-order valence-corrected chi connectivity index (χ0v) is 17.7. The van der Waals surface area contributed by atoms with Crippen molar-refractivity contribution in [2.45, 2.75) is 27.3 Å². The van der Waals surface area contributed by atoms with Crippen molar-refractivity contribution in [1.82, 2.24) is 9.78 Å². The Hall–Kier alpha value is -2.57. The SMILES string of the molecule is CCOc1ccccc1NC(=S)Nc1c(C)nn(Cc2ccc(Cl)cc2)c1C. The van der Waals surface area contributed by atoms with Crippen LogP contribution in [-0.4, -0.2) is 21.5 Å². The van der Waals surface area contributed by atoms with E-state index in [1.165, 1.54) is 0 Å². The molecule has 1 heterocycles. The second-order valence-corrected chi connectivity index (χ2v) is 7.18. The van der Waals surface area contributed by atoms with E-state index in [1.54, 1.807) is 0 Å². The highest BCUT2D eigenvalue weighted by molar-refractivity contribution is 7.80. The number of rotatable bonds is 6. The summed E-state index contributed by atoms with van der Waals surface area (Å²) in [6, 6.07) is 15.5. The molecular weight excluding hydrogens is 392 g/mol. The molecule has 0 aliphatic heterocycles. The number of hydrogen-bond donors (Lipinski definition) is 2. The summed E-state index contributed by atoms with van der Waals surface area (Å²) < 4.78 is 7.59. The van der Waals surface area contributed by atoms with Gasteiger partial charge in [0.05, 0.1) is 35.9 Å². The maximum Gasteiger partial charge on any atom is 0.175 e. The fraction of sp³-hybridized carbons (Fsp3) is 0.238. The lowest BCUT2D eigenvalue weighted by atomic mass is 10.2. The van der Waals surface area contributed by atoms with Crippen LogP contribution in [0.2, 0.25) is 5.02 Å². The van der Waals surface area contributed by atoms with Gasteiger partial charge in [0, 0.05) is 5.02 Å². The van der Waals surface area contributed by atoms with Crippen molar-refractivity contribution in [3.8, 4) is 5.75 Å². The number of nitrogens with zero attached hydrogens (tertiary/aromatic N) is 2. The van der Waals surface area contributed by atoms with E-state index < -0.39 is 0 Å². The molecule has 0 atom stereocenters. The Kier molecular flexibility index (Phi) is 6.54. The topological polar surface area (TPSA) is 51.1 Å². The summed E-state index contributed by atoms with van der Waals surface area (Å²) in [7, 11) is 0. The highest BCUT2D eigenvalue weighted by Crippen LogP contribution is 2.25. The van der Waals surface area contributed by atoms with Crippen molar-refractivity contribution in [2.24, 2.45) is 0 Å². The number of ether oxygens (including phenoxy) is 1. The van der Waals surface area contributed by atoms with Crippen molar-refractivity contribution >= 4 is 40.3 Å². The lowest BCUT2D eigenvalue weighted by Crippen LogP contribution is -2.20. The standard InChI is InChI=1S/C21H23ClN4OS/c1-4-27-19-8-6-5-7-18(19)23-21(28)24-20-14(2)25-26(15(20)3)13-16-9-11-17(22)12-10-16/h5-12H,4,13H2,1-3H3,(H2,23,24,28). The smallest absolute Gasteiger partial charge is 0.175 e. The fourth-order valence-electron chi connectivity index (χ4n) is 2.91. The van der Waals surface area contributed by atoms with Crippen LogP contribution < -0.4 is 15.4 Å². The molecule has 5 nitrogen and oxygen atoms in total. The molecule has 0 bridgehead atoms. The van der Waals surface area contributed by atoms with Crippen molar-refractivity contribution in [2.75, 3.05) is 17.2 Å². The molecule has 3 rings (SSSR count). The normalized spacial score (nSPS) is 10.6. The van der Waals surface area contributed by atoms with Gasteiger partial charge in [-0.05, 0) is 62.8 Å². The molecule has 0 radical (unpaired) electrons.